The lowest BCUT2D eigenvalue weighted by Gasteiger charge is -2.22. The quantitative estimate of drug-likeness (QED) is 0.386. The van der Waals surface area contributed by atoms with Gasteiger partial charge >= 0.3 is 11.9 Å². The van der Waals surface area contributed by atoms with Gasteiger partial charge < -0.3 is 14.6 Å². The van der Waals surface area contributed by atoms with Crippen molar-refractivity contribution in [3.05, 3.63) is 47.0 Å². The summed E-state index contributed by atoms with van der Waals surface area (Å²) in [6, 6.07) is 9.12. The Morgan fingerprint density at radius 2 is 1.82 bits per heavy atom. The molecule has 0 saturated carbocycles. The molecule has 0 saturated heterocycles. The number of aromatic hydroxyl groups is 1. The lowest BCUT2D eigenvalue weighted by Crippen LogP contribution is -2.35. The molecular formula is C23H24ClN3O6. The van der Waals surface area contributed by atoms with Crippen LogP contribution in [0.1, 0.15) is 44.5 Å². The molecule has 0 aliphatic carbocycles. The fraction of sp³-hybridized carbons (Fsp3) is 0.348. The first-order chi connectivity index (χ1) is 15.5. The van der Waals surface area contributed by atoms with Crippen LogP contribution in [0.3, 0.4) is 0 Å². The molecule has 0 amide bonds. The van der Waals surface area contributed by atoms with Gasteiger partial charge in [-0.15, -0.1) is 15.0 Å². The molecule has 1 atom stereocenters. The Kier molecular flexibility index (Phi) is 7.02. The second-order valence-corrected chi connectivity index (χ2v) is 8.56. The Morgan fingerprint density at radius 3 is 2.45 bits per heavy atom. The molecule has 0 spiro atoms. The van der Waals surface area contributed by atoms with Crippen molar-refractivity contribution < 1.29 is 29.0 Å². The molecule has 3 aromatic rings. The van der Waals surface area contributed by atoms with E-state index in [0.29, 0.717) is 22.5 Å². The molecule has 1 unspecified atom stereocenters. The van der Waals surface area contributed by atoms with Gasteiger partial charge in [0.25, 0.3) is 0 Å². The van der Waals surface area contributed by atoms with Gasteiger partial charge in [0.1, 0.15) is 29.1 Å². The van der Waals surface area contributed by atoms with E-state index < -0.39 is 35.8 Å². The number of ether oxygens (including phenoxy) is 2. The highest BCUT2D eigenvalue weighted by atomic mass is 35.5. The number of carbonyl (C=O) groups is 3. The van der Waals surface area contributed by atoms with Gasteiger partial charge in [-0.05, 0) is 56.7 Å². The van der Waals surface area contributed by atoms with E-state index >= 15 is 0 Å². The molecular weight excluding hydrogens is 450 g/mol. The maximum Gasteiger partial charge on any atom is 0.311 e. The average molecular weight is 474 g/mol. The fourth-order valence-corrected chi connectivity index (χ4v) is 3.05. The van der Waals surface area contributed by atoms with E-state index in [1.165, 1.54) is 23.0 Å². The number of carbonyl (C=O) groups excluding carboxylic acids is 3. The molecule has 1 heterocycles. The normalized spacial score (nSPS) is 12.4. The predicted octanol–water partition coefficient (Wildman–Crippen LogP) is 3.87. The number of Topliss-reactive ketones (excluding diaryl/α,β-unsaturated/α-hetero) is 1. The second kappa shape index (κ2) is 9.58. The smallest absolute Gasteiger partial charge is 0.311 e. The van der Waals surface area contributed by atoms with E-state index in [-0.39, 0.29) is 17.0 Å². The number of ketones is 1. The summed E-state index contributed by atoms with van der Waals surface area (Å²) in [4.78, 5) is 37.9. The van der Waals surface area contributed by atoms with Gasteiger partial charge in [0, 0.05) is 17.5 Å². The van der Waals surface area contributed by atoms with Gasteiger partial charge in [0.2, 0.25) is 5.78 Å². The highest BCUT2D eigenvalue weighted by Crippen LogP contribution is 2.26. The standard InChI is InChI=1S/C23H24ClN3O6/c1-5-23(3,4)22(31)32-12-20(33-13(2)28)21(30)14-6-9-18(19(29)10-14)27-25-16-8-7-15(24)11-17(16)26-27/h6-11,20,29H,5,12H2,1-4H3. The van der Waals surface area contributed by atoms with Crippen molar-refractivity contribution in [3.63, 3.8) is 0 Å². The first kappa shape index (κ1) is 24.2. The van der Waals surface area contributed by atoms with Gasteiger partial charge in [-0.1, -0.05) is 18.5 Å². The lowest BCUT2D eigenvalue weighted by molar-refractivity contribution is -0.161. The van der Waals surface area contributed by atoms with Gasteiger partial charge in [-0.3, -0.25) is 14.4 Å². The summed E-state index contributed by atoms with van der Waals surface area (Å²) in [6.45, 7) is 5.99. The molecule has 0 bridgehead atoms. The Balaban J connectivity index is 1.83. The summed E-state index contributed by atoms with van der Waals surface area (Å²) in [5.74, 6) is -2.10. The number of halogens is 1. The maximum atomic E-state index is 13.0. The summed E-state index contributed by atoms with van der Waals surface area (Å²) in [6.07, 6.45) is -0.812. The zero-order valence-electron chi connectivity index (χ0n) is 18.7. The van der Waals surface area contributed by atoms with E-state index in [0.717, 1.165) is 6.92 Å². The van der Waals surface area contributed by atoms with Crippen molar-refractivity contribution in [2.75, 3.05) is 6.61 Å². The number of hydrogen-bond donors (Lipinski definition) is 1. The Bertz CT molecular complexity index is 1220. The van der Waals surface area contributed by atoms with Crippen LogP contribution in [0.2, 0.25) is 5.02 Å². The van der Waals surface area contributed by atoms with E-state index in [4.69, 9.17) is 21.1 Å². The number of benzene rings is 2. The van der Waals surface area contributed by atoms with E-state index in [2.05, 4.69) is 10.2 Å². The summed E-state index contributed by atoms with van der Waals surface area (Å²) >= 11 is 5.97. The average Bonchev–Trinajstić information content (AvgIpc) is 3.18. The molecule has 0 radical (unpaired) electrons. The zero-order valence-corrected chi connectivity index (χ0v) is 19.4. The van der Waals surface area contributed by atoms with Gasteiger partial charge in [0.15, 0.2) is 6.10 Å². The molecule has 33 heavy (non-hydrogen) atoms. The first-order valence-electron chi connectivity index (χ1n) is 10.3. The van der Waals surface area contributed by atoms with Crippen molar-refractivity contribution in [3.8, 4) is 11.4 Å². The number of hydrogen-bond acceptors (Lipinski definition) is 8. The number of rotatable bonds is 8. The molecule has 3 rings (SSSR count). The number of fused-ring (bicyclic) bond motifs is 1. The van der Waals surface area contributed by atoms with Crippen LogP contribution in [-0.2, 0) is 19.1 Å². The van der Waals surface area contributed by atoms with Gasteiger partial charge in [-0.2, -0.15) is 0 Å². The van der Waals surface area contributed by atoms with Gasteiger partial charge in [0.05, 0.1) is 5.41 Å². The maximum absolute atomic E-state index is 13.0. The molecule has 1 N–H and O–H groups in total. The first-order valence-corrected chi connectivity index (χ1v) is 10.6. The number of phenolic OH excluding ortho intramolecular Hbond substituents is 1. The summed E-state index contributed by atoms with van der Waals surface area (Å²) in [5, 5.41) is 19.6. The second-order valence-electron chi connectivity index (χ2n) is 8.12. The molecule has 2 aromatic carbocycles. The van der Waals surface area contributed by atoms with E-state index in [9.17, 15) is 19.5 Å². The third kappa shape index (κ3) is 5.48. The van der Waals surface area contributed by atoms with Crippen LogP contribution < -0.4 is 0 Å². The van der Waals surface area contributed by atoms with Crippen LogP contribution in [0.4, 0.5) is 0 Å². The van der Waals surface area contributed by atoms with Crippen LogP contribution in [0.15, 0.2) is 36.4 Å². The minimum absolute atomic E-state index is 0.0630. The van der Waals surface area contributed by atoms with Crippen molar-refractivity contribution in [1.29, 1.82) is 0 Å². The van der Waals surface area contributed by atoms with Crippen LogP contribution in [-0.4, -0.2) is 50.5 Å². The van der Waals surface area contributed by atoms with E-state index in [1.54, 1.807) is 32.0 Å². The summed E-state index contributed by atoms with van der Waals surface area (Å²) in [7, 11) is 0. The molecule has 0 fully saturated rings. The molecule has 174 valence electrons. The molecule has 0 aliphatic heterocycles. The molecule has 10 heteroatoms. The Morgan fingerprint density at radius 1 is 1.12 bits per heavy atom. The van der Waals surface area contributed by atoms with Crippen LogP contribution in [0, 0.1) is 5.41 Å². The minimum Gasteiger partial charge on any atom is -0.506 e. The summed E-state index contributed by atoms with van der Waals surface area (Å²) < 4.78 is 10.3. The number of esters is 2. The number of phenols is 1. The highest BCUT2D eigenvalue weighted by Gasteiger charge is 2.31. The van der Waals surface area contributed by atoms with E-state index in [1.807, 2.05) is 6.92 Å². The Labute approximate surface area is 195 Å². The van der Waals surface area contributed by atoms with Gasteiger partial charge in [-0.25, -0.2) is 0 Å². The van der Waals surface area contributed by atoms with Crippen LogP contribution in [0.25, 0.3) is 16.7 Å². The van der Waals surface area contributed by atoms with Crippen LogP contribution in [0.5, 0.6) is 5.75 Å². The lowest BCUT2D eigenvalue weighted by atomic mass is 9.91. The van der Waals surface area contributed by atoms with Crippen molar-refractivity contribution in [2.24, 2.45) is 5.41 Å². The summed E-state index contributed by atoms with van der Waals surface area (Å²) in [5.41, 5.74) is 0.667. The van der Waals surface area contributed by atoms with Crippen molar-refractivity contribution in [2.45, 2.75) is 40.2 Å². The van der Waals surface area contributed by atoms with Crippen molar-refractivity contribution in [1.82, 2.24) is 15.0 Å². The minimum atomic E-state index is -1.35. The molecule has 0 aliphatic rings. The number of aromatic nitrogens is 3. The largest absolute Gasteiger partial charge is 0.506 e. The van der Waals surface area contributed by atoms with Crippen molar-refractivity contribution >= 4 is 40.4 Å². The topological polar surface area (TPSA) is 121 Å². The third-order valence-electron chi connectivity index (χ3n) is 5.22. The Hall–Kier alpha value is -3.46. The molecule has 9 nitrogen and oxygen atoms in total. The monoisotopic (exact) mass is 473 g/mol. The zero-order chi connectivity index (χ0) is 24.3. The fourth-order valence-electron chi connectivity index (χ4n) is 2.88. The number of nitrogens with zero attached hydrogens (tertiary/aromatic N) is 3. The SMILES string of the molecule is CCC(C)(C)C(=O)OCC(OC(C)=O)C(=O)c1ccc(-n2nc3ccc(Cl)cc3n2)c(O)c1. The third-order valence-corrected chi connectivity index (χ3v) is 5.46. The highest BCUT2D eigenvalue weighted by molar-refractivity contribution is 6.31. The molecule has 1 aromatic heterocycles. The predicted molar refractivity (Wildman–Crippen MR) is 120 cm³/mol. The van der Waals surface area contributed by atoms with Crippen LogP contribution >= 0.6 is 11.6 Å².